The highest BCUT2D eigenvalue weighted by Gasteiger charge is 2.32. The second-order valence-corrected chi connectivity index (χ2v) is 7.78. The molecule has 0 spiro atoms. The van der Waals surface area contributed by atoms with Gasteiger partial charge in [0.2, 0.25) is 0 Å². The Balaban J connectivity index is 1.47. The van der Waals surface area contributed by atoms with Gasteiger partial charge >= 0.3 is 0 Å². The summed E-state index contributed by atoms with van der Waals surface area (Å²) in [5.41, 5.74) is 2.92. The van der Waals surface area contributed by atoms with E-state index in [1.165, 1.54) is 49.8 Å². The smallest absolute Gasteiger partial charge is 0.0234 e. The number of likely N-dealkylation sites (tertiary alicyclic amines) is 1. The first-order valence-electron chi connectivity index (χ1n) is 9.96. The fraction of sp³-hybridized carbons (Fsp3) is 0.478. The minimum atomic E-state index is 0.597. The first-order chi connectivity index (χ1) is 12.4. The third kappa shape index (κ3) is 4.31. The highest BCUT2D eigenvalue weighted by atomic mass is 15.2. The number of piperidine rings is 1. The van der Waals surface area contributed by atoms with Gasteiger partial charge < -0.3 is 5.32 Å². The molecule has 2 aliphatic rings. The molecule has 1 saturated carbocycles. The monoisotopic (exact) mass is 334 g/mol. The van der Waals surface area contributed by atoms with Crippen LogP contribution in [0.3, 0.4) is 0 Å². The second kappa shape index (κ2) is 8.16. The predicted molar refractivity (Wildman–Crippen MR) is 105 cm³/mol. The zero-order chi connectivity index (χ0) is 16.9. The summed E-state index contributed by atoms with van der Waals surface area (Å²) in [6, 6.07) is 23.4. The van der Waals surface area contributed by atoms with Crippen molar-refractivity contribution in [3.63, 3.8) is 0 Å². The maximum absolute atomic E-state index is 4.02. The van der Waals surface area contributed by atoms with Gasteiger partial charge in [-0.3, -0.25) is 4.90 Å². The molecule has 4 rings (SSSR count). The first-order valence-corrected chi connectivity index (χ1v) is 9.96. The number of hydrogen-bond acceptors (Lipinski definition) is 2. The van der Waals surface area contributed by atoms with Crippen LogP contribution in [0.15, 0.2) is 60.7 Å². The Bertz CT molecular complexity index is 634. The van der Waals surface area contributed by atoms with Gasteiger partial charge in [-0.15, -0.1) is 0 Å². The summed E-state index contributed by atoms with van der Waals surface area (Å²) < 4.78 is 0. The Labute approximate surface area is 152 Å². The van der Waals surface area contributed by atoms with Gasteiger partial charge in [0.05, 0.1) is 0 Å². The quantitative estimate of drug-likeness (QED) is 0.861. The van der Waals surface area contributed by atoms with E-state index in [0.29, 0.717) is 12.0 Å². The number of nitrogens with one attached hydrogen (secondary N) is 1. The summed E-state index contributed by atoms with van der Waals surface area (Å²) in [5.74, 6) is 0.597. The molecule has 25 heavy (non-hydrogen) atoms. The van der Waals surface area contributed by atoms with Crippen molar-refractivity contribution in [1.29, 1.82) is 0 Å². The molecule has 2 atom stereocenters. The van der Waals surface area contributed by atoms with Gasteiger partial charge in [0.1, 0.15) is 0 Å². The van der Waals surface area contributed by atoms with E-state index in [-0.39, 0.29) is 0 Å². The molecular formula is C23H30N2. The topological polar surface area (TPSA) is 15.3 Å². The Hall–Kier alpha value is -1.64. The molecule has 0 aromatic heterocycles. The summed E-state index contributed by atoms with van der Waals surface area (Å²) in [6.45, 7) is 3.42. The molecule has 0 radical (unpaired) electrons. The molecule has 0 unspecified atom stereocenters. The zero-order valence-electron chi connectivity index (χ0n) is 15.1. The van der Waals surface area contributed by atoms with Crippen LogP contribution in [-0.4, -0.2) is 30.1 Å². The Morgan fingerprint density at radius 3 is 2.24 bits per heavy atom. The van der Waals surface area contributed by atoms with E-state index >= 15 is 0 Å². The van der Waals surface area contributed by atoms with Crippen molar-refractivity contribution in [2.24, 2.45) is 0 Å². The van der Waals surface area contributed by atoms with Gasteiger partial charge in [0.15, 0.2) is 0 Å². The third-order valence-electron chi connectivity index (χ3n) is 5.98. The van der Waals surface area contributed by atoms with Gasteiger partial charge in [-0.25, -0.2) is 0 Å². The zero-order valence-corrected chi connectivity index (χ0v) is 15.1. The number of hydrogen-bond donors (Lipinski definition) is 1. The maximum Gasteiger partial charge on any atom is 0.0234 e. The minimum absolute atomic E-state index is 0.597. The van der Waals surface area contributed by atoms with E-state index in [4.69, 9.17) is 0 Å². The van der Waals surface area contributed by atoms with Crippen LogP contribution >= 0.6 is 0 Å². The van der Waals surface area contributed by atoms with E-state index < -0.39 is 0 Å². The van der Waals surface area contributed by atoms with Gasteiger partial charge in [-0.2, -0.15) is 0 Å². The normalized spacial score (nSPS) is 25.3. The Morgan fingerprint density at radius 1 is 0.840 bits per heavy atom. The molecule has 1 N–H and O–H groups in total. The van der Waals surface area contributed by atoms with Crippen molar-refractivity contribution >= 4 is 0 Å². The van der Waals surface area contributed by atoms with Crippen molar-refractivity contribution in [3.8, 4) is 0 Å². The van der Waals surface area contributed by atoms with Crippen LogP contribution in [0.5, 0.6) is 0 Å². The molecule has 2 heteroatoms. The Morgan fingerprint density at radius 2 is 1.52 bits per heavy atom. The van der Waals surface area contributed by atoms with Crippen molar-refractivity contribution in [3.05, 3.63) is 71.8 Å². The summed E-state index contributed by atoms with van der Waals surface area (Å²) in [6.07, 6.45) is 6.79. The van der Waals surface area contributed by atoms with Crippen LogP contribution in [0.1, 0.15) is 49.1 Å². The lowest BCUT2D eigenvalue weighted by Crippen LogP contribution is -2.50. The van der Waals surface area contributed by atoms with E-state index in [1.54, 1.807) is 0 Å². The van der Waals surface area contributed by atoms with Crippen LogP contribution in [0, 0.1) is 0 Å². The van der Waals surface area contributed by atoms with Gasteiger partial charge in [-0.05, 0) is 30.4 Å². The fourth-order valence-electron chi connectivity index (χ4n) is 4.64. The van der Waals surface area contributed by atoms with Gasteiger partial charge in [-0.1, -0.05) is 73.5 Å². The number of rotatable bonds is 5. The molecular weight excluding hydrogens is 304 g/mol. The lowest BCUT2D eigenvalue weighted by atomic mass is 9.85. The molecule has 1 aliphatic heterocycles. The molecule has 132 valence electrons. The third-order valence-corrected chi connectivity index (χ3v) is 5.98. The summed E-state index contributed by atoms with van der Waals surface area (Å²) >= 11 is 0. The number of benzene rings is 2. The number of nitrogens with zero attached hydrogens (tertiary/aromatic N) is 1. The second-order valence-electron chi connectivity index (χ2n) is 7.78. The van der Waals surface area contributed by atoms with Crippen LogP contribution < -0.4 is 5.32 Å². The van der Waals surface area contributed by atoms with Crippen LogP contribution in [0.2, 0.25) is 0 Å². The van der Waals surface area contributed by atoms with E-state index in [2.05, 4.69) is 70.9 Å². The lowest BCUT2D eigenvalue weighted by Gasteiger charge is -2.40. The molecule has 1 aliphatic carbocycles. The first kappa shape index (κ1) is 16.8. The lowest BCUT2D eigenvalue weighted by molar-refractivity contribution is 0.160. The van der Waals surface area contributed by atoms with E-state index in [1.807, 2.05) is 0 Å². The molecule has 2 aromatic carbocycles. The van der Waals surface area contributed by atoms with Crippen molar-refractivity contribution in [2.75, 3.05) is 13.1 Å². The fourth-order valence-corrected chi connectivity index (χ4v) is 4.64. The molecule has 0 amide bonds. The van der Waals surface area contributed by atoms with Crippen molar-refractivity contribution < 1.29 is 0 Å². The Kier molecular flexibility index (Phi) is 5.49. The van der Waals surface area contributed by atoms with Crippen LogP contribution in [0.4, 0.5) is 0 Å². The molecule has 1 saturated heterocycles. The van der Waals surface area contributed by atoms with Crippen molar-refractivity contribution in [1.82, 2.24) is 10.2 Å². The molecule has 2 aromatic rings. The standard InChI is InChI=1S/C23H30N2/c1-3-9-19(10-4-1)17-25-16-15-23(24-21-13-7-8-14-21)22(18-25)20-11-5-2-6-12-20/h1-6,9-12,21-24H,7-8,13-18H2/t22-,23-/m0/s1. The summed E-state index contributed by atoms with van der Waals surface area (Å²) in [7, 11) is 0. The summed E-state index contributed by atoms with van der Waals surface area (Å²) in [5, 5.41) is 4.02. The highest BCUT2D eigenvalue weighted by molar-refractivity contribution is 5.23. The van der Waals surface area contributed by atoms with E-state index in [0.717, 1.165) is 19.1 Å². The maximum atomic E-state index is 4.02. The summed E-state index contributed by atoms with van der Waals surface area (Å²) in [4.78, 5) is 2.64. The van der Waals surface area contributed by atoms with Crippen molar-refractivity contribution in [2.45, 2.75) is 56.7 Å². The molecule has 2 fully saturated rings. The average Bonchev–Trinajstić information content (AvgIpc) is 3.18. The van der Waals surface area contributed by atoms with Crippen LogP contribution in [0.25, 0.3) is 0 Å². The SMILES string of the molecule is c1ccc(CN2CC[C@H](NC3CCCC3)[C@H](c3ccccc3)C2)cc1. The average molecular weight is 335 g/mol. The highest BCUT2D eigenvalue weighted by Crippen LogP contribution is 2.30. The van der Waals surface area contributed by atoms with E-state index in [9.17, 15) is 0 Å². The van der Waals surface area contributed by atoms with Gasteiger partial charge in [0.25, 0.3) is 0 Å². The largest absolute Gasteiger partial charge is 0.311 e. The molecule has 0 bridgehead atoms. The van der Waals surface area contributed by atoms with Crippen LogP contribution in [-0.2, 0) is 6.54 Å². The molecule has 1 heterocycles. The minimum Gasteiger partial charge on any atom is -0.311 e. The molecule has 2 nitrogen and oxygen atoms in total. The van der Waals surface area contributed by atoms with Gasteiger partial charge in [0, 0.05) is 37.6 Å². The predicted octanol–water partition coefficient (Wildman–Crippen LogP) is 4.58.